The zero-order valence-corrected chi connectivity index (χ0v) is 48.2. The molecule has 0 amide bonds. The molecule has 1 nitrogen and oxygen atoms in total. The Kier molecular flexibility index (Phi) is 16.8. The summed E-state index contributed by atoms with van der Waals surface area (Å²) >= 11 is 0. The van der Waals surface area contributed by atoms with Gasteiger partial charge in [-0.15, -0.1) is 0 Å². The van der Waals surface area contributed by atoms with Crippen molar-refractivity contribution in [1.29, 1.82) is 0 Å². The smallest absolute Gasteiger partial charge is 0.0468 e. The van der Waals surface area contributed by atoms with Crippen LogP contribution in [0.1, 0.15) is 115 Å². The van der Waals surface area contributed by atoms with Gasteiger partial charge in [0.25, 0.3) is 0 Å². The minimum atomic E-state index is -0.0362. The summed E-state index contributed by atoms with van der Waals surface area (Å²) in [4.78, 5) is 2.44. The first-order valence-corrected chi connectivity index (χ1v) is 30.8. The summed E-state index contributed by atoms with van der Waals surface area (Å²) in [5, 5.41) is 2.52. The molecule has 0 radical (unpaired) electrons. The molecule has 12 rings (SSSR count). The lowest BCUT2D eigenvalue weighted by Gasteiger charge is -2.33. The van der Waals surface area contributed by atoms with Crippen LogP contribution in [0.3, 0.4) is 0 Å². The van der Waals surface area contributed by atoms with Crippen molar-refractivity contribution >= 4 is 27.8 Å². The molecule has 0 atom stereocenters. The Labute approximate surface area is 489 Å². The largest absolute Gasteiger partial charge is 0.310 e. The minimum Gasteiger partial charge on any atom is -0.310 e. The van der Waals surface area contributed by atoms with Crippen molar-refractivity contribution in [2.75, 3.05) is 4.90 Å². The molecule has 1 aliphatic carbocycles. The molecule has 11 aromatic carbocycles. The summed E-state index contributed by atoms with van der Waals surface area (Å²) in [6, 6.07) is 97.6. The molecule has 0 fully saturated rings. The molecule has 0 unspecified atom stereocenters. The third kappa shape index (κ3) is 11.7. The van der Waals surface area contributed by atoms with Crippen LogP contribution in [0.2, 0.25) is 0 Å². The first-order chi connectivity index (χ1) is 40.6. The highest BCUT2D eigenvalue weighted by Crippen LogP contribution is 2.56. The van der Waals surface area contributed by atoms with Crippen LogP contribution in [0, 0.1) is 0 Å². The molecule has 0 spiro atoms. The van der Waals surface area contributed by atoms with E-state index in [9.17, 15) is 0 Å². The summed E-state index contributed by atoms with van der Waals surface area (Å²) < 4.78 is 0. The van der Waals surface area contributed by atoms with Crippen molar-refractivity contribution in [2.45, 2.75) is 109 Å². The van der Waals surface area contributed by atoms with Gasteiger partial charge in [0.2, 0.25) is 0 Å². The molecular weight excluding hydrogens is 987 g/mol. The van der Waals surface area contributed by atoms with Crippen molar-refractivity contribution in [3.8, 4) is 77.9 Å². The van der Waals surface area contributed by atoms with Gasteiger partial charge in [-0.25, -0.2) is 0 Å². The molecule has 0 bridgehead atoms. The molecule has 0 saturated heterocycles. The predicted octanol–water partition coefficient (Wildman–Crippen LogP) is 24.1. The molecule has 0 aromatic heterocycles. The van der Waals surface area contributed by atoms with E-state index in [0.717, 1.165) is 17.1 Å². The number of fused-ring (bicyclic) bond motifs is 4. The first-order valence-electron chi connectivity index (χ1n) is 30.8. The monoisotopic (exact) mass is 1060 g/mol. The van der Waals surface area contributed by atoms with Crippen LogP contribution < -0.4 is 4.90 Å². The van der Waals surface area contributed by atoms with Crippen LogP contribution in [0.15, 0.2) is 261 Å². The fraction of sp³-hybridized carbons (Fsp3) is 0.210. The van der Waals surface area contributed by atoms with E-state index in [0.29, 0.717) is 0 Å². The van der Waals surface area contributed by atoms with Crippen LogP contribution in [0.25, 0.3) is 88.7 Å². The summed E-state index contributed by atoms with van der Waals surface area (Å²) in [5.41, 5.74) is 24.0. The average Bonchev–Trinajstić information content (AvgIpc) is 2.29. The highest BCUT2D eigenvalue weighted by molar-refractivity contribution is 5.92. The van der Waals surface area contributed by atoms with E-state index in [2.05, 4.69) is 280 Å². The summed E-state index contributed by atoms with van der Waals surface area (Å²) in [5.74, 6) is 0. The number of hydrogen-bond acceptors (Lipinski definition) is 1. The van der Waals surface area contributed by atoms with E-state index < -0.39 is 0 Å². The highest BCUT2D eigenvalue weighted by Gasteiger charge is 2.42. The molecule has 0 heterocycles. The SMILES string of the molecule is CCCCCCCCC1(CCCCCCCC)c2cc(-c3ccccc3)ccc2-c2ccc(-c3ccc(N(c4ccc(-c5ccccc5)cc4)c4ccc(-c5ccc(-c6ccc7ccccc7c6)cc5)c(-c5ccccc5)c4)cc3)cc21. The van der Waals surface area contributed by atoms with E-state index in [1.165, 1.54) is 184 Å². The maximum Gasteiger partial charge on any atom is 0.0468 e. The minimum absolute atomic E-state index is 0.0362. The average molecular weight is 1060 g/mol. The Morgan fingerprint density at radius 2 is 0.598 bits per heavy atom. The van der Waals surface area contributed by atoms with Gasteiger partial charge >= 0.3 is 0 Å². The van der Waals surface area contributed by atoms with E-state index in [4.69, 9.17) is 0 Å². The second kappa shape index (κ2) is 25.5. The van der Waals surface area contributed by atoms with Gasteiger partial charge in [-0.1, -0.05) is 297 Å². The summed E-state index contributed by atoms with van der Waals surface area (Å²) in [6.45, 7) is 4.65. The van der Waals surface area contributed by atoms with Gasteiger partial charge in [0, 0.05) is 22.5 Å². The normalized spacial score (nSPS) is 12.3. The van der Waals surface area contributed by atoms with Crippen molar-refractivity contribution in [2.24, 2.45) is 0 Å². The second-order valence-electron chi connectivity index (χ2n) is 23.0. The van der Waals surface area contributed by atoms with Gasteiger partial charge < -0.3 is 4.90 Å². The second-order valence-corrected chi connectivity index (χ2v) is 23.0. The van der Waals surface area contributed by atoms with Gasteiger partial charge in [0.05, 0.1) is 0 Å². The molecule has 82 heavy (non-hydrogen) atoms. The lowest BCUT2D eigenvalue weighted by molar-refractivity contribution is 0.398. The van der Waals surface area contributed by atoms with Crippen LogP contribution in [-0.4, -0.2) is 0 Å². The Morgan fingerprint density at radius 3 is 1.13 bits per heavy atom. The van der Waals surface area contributed by atoms with E-state index >= 15 is 0 Å². The lowest BCUT2D eigenvalue weighted by atomic mass is 9.70. The molecule has 1 heteroatoms. The van der Waals surface area contributed by atoms with Crippen molar-refractivity contribution in [3.05, 3.63) is 272 Å². The Bertz CT molecular complexity index is 3840. The van der Waals surface area contributed by atoms with E-state index in [1.807, 2.05) is 0 Å². The predicted molar refractivity (Wildman–Crippen MR) is 353 cm³/mol. The molecule has 0 saturated carbocycles. The maximum atomic E-state index is 2.61. The summed E-state index contributed by atoms with van der Waals surface area (Å²) in [6.07, 6.45) is 18.0. The zero-order valence-electron chi connectivity index (χ0n) is 48.2. The van der Waals surface area contributed by atoms with E-state index in [-0.39, 0.29) is 5.41 Å². The topological polar surface area (TPSA) is 3.24 Å². The van der Waals surface area contributed by atoms with Gasteiger partial charge in [-0.05, 0) is 167 Å². The van der Waals surface area contributed by atoms with Gasteiger partial charge in [0.1, 0.15) is 0 Å². The van der Waals surface area contributed by atoms with Crippen molar-refractivity contribution in [3.63, 3.8) is 0 Å². The van der Waals surface area contributed by atoms with Crippen LogP contribution >= 0.6 is 0 Å². The molecule has 0 aliphatic heterocycles. The molecule has 1 aliphatic rings. The van der Waals surface area contributed by atoms with Crippen LogP contribution in [-0.2, 0) is 5.41 Å². The van der Waals surface area contributed by atoms with Crippen LogP contribution in [0.4, 0.5) is 17.1 Å². The zero-order chi connectivity index (χ0) is 55.5. The van der Waals surface area contributed by atoms with Crippen LogP contribution in [0.5, 0.6) is 0 Å². The number of anilines is 3. The number of benzene rings is 11. The van der Waals surface area contributed by atoms with Crippen molar-refractivity contribution < 1.29 is 0 Å². The number of unbranched alkanes of at least 4 members (excludes halogenated alkanes) is 10. The molecule has 11 aromatic rings. The van der Waals surface area contributed by atoms with Gasteiger partial charge in [-0.2, -0.15) is 0 Å². The number of rotatable bonds is 23. The highest BCUT2D eigenvalue weighted by atomic mass is 15.1. The lowest BCUT2D eigenvalue weighted by Crippen LogP contribution is -2.25. The molecule has 406 valence electrons. The third-order valence-electron chi connectivity index (χ3n) is 17.7. The fourth-order valence-corrected chi connectivity index (χ4v) is 13.2. The van der Waals surface area contributed by atoms with E-state index in [1.54, 1.807) is 5.56 Å². The Hall–Kier alpha value is -8.52. The number of nitrogens with zero attached hydrogens (tertiary/aromatic N) is 1. The Morgan fingerprint density at radius 1 is 0.244 bits per heavy atom. The first kappa shape index (κ1) is 54.1. The third-order valence-corrected chi connectivity index (χ3v) is 17.7. The molecule has 0 N–H and O–H groups in total. The van der Waals surface area contributed by atoms with Gasteiger partial charge in [0.15, 0.2) is 0 Å². The molecular formula is C81H77N. The standard InChI is InChI=1S/C81H77N/c1-3-5-7-9-11-24-54-81(55-25-12-10-8-6-4-2)79-57-70(61-28-18-14-19-29-61)44-51-76(79)77-52-45-71(58-80(77)81)65-42-48-73(49-43-65)82(72-46-40-63(41-47-72)60-26-16-13-17-27-60)74-50-53-75(78(59-74)66-31-20-15-21-32-66)67-37-34-64(35-38-67)69-39-36-62-30-22-23-33-68(62)56-69/h13-23,26-53,56-59H,3-12,24-25,54-55H2,1-2H3. The van der Waals surface area contributed by atoms with Crippen molar-refractivity contribution in [1.82, 2.24) is 0 Å². The number of hydrogen-bond donors (Lipinski definition) is 0. The quantitative estimate of drug-likeness (QED) is 0.0577. The maximum absolute atomic E-state index is 2.61. The van der Waals surface area contributed by atoms with Gasteiger partial charge in [-0.3, -0.25) is 0 Å². The summed E-state index contributed by atoms with van der Waals surface area (Å²) in [7, 11) is 0. The fourth-order valence-electron chi connectivity index (χ4n) is 13.2. The Balaban J connectivity index is 0.922.